The first-order chi connectivity index (χ1) is 6.69. The maximum absolute atomic E-state index is 8.86. The molecule has 0 bridgehead atoms. The Labute approximate surface area is 89.6 Å². The predicted molar refractivity (Wildman–Crippen MR) is 58.6 cm³/mol. The van der Waals surface area contributed by atoms with Crippen molar-refractivity contribution >= 4 is 32.1 Å². The summed E-state index contributed by atoms with van der Waals surface area (Å²) in [7, 11) is 0. The van der Waals surface area contributed by atoms with Gasteiger partial charge < -0.3 is 0 Å². The van der Waals surface area contributed by atoms with Gasteiger partial charge in [-0.3, -0.25) is 0 Å². The van der Waals surface area contributed by atoms with E-state index in [1.165, 1.54) is 22.7 Å². The van der Waals surface area contributed by atoms with Crippen LogP contribution in [0, 0.1) is 36.5 Å². The molecule has 4 heteroatoms. The average Bonchev–Trinajstić information content (AvgIpc) is 2.65. The SMILES string of the molecule is Cc1c(C#N)sc2sc(C#N)c(C)c12. The molecule has 0 amide bonds. The van der Waals surface area contributed by atoms with Crippen LogP contribution in [0.2, 0.25) is 0 Å². The van der Waals surface area contributed by atoms with Crippen LogP contribution in [0.15, 0.2) is 0 Å². The van der Waals surface area contributed by atoms with Gasteiger partial charge in [-0.2, -0.15) is 10.5 Å². The molecule has 14 heavy (non-hydrogen) atoms. The number of fused-ring (bicyclic) bond motifs is 1. The van der Waals surface area contributed by atoms with Gasteiger partial charge in [0.05, 0.1) is 4.01 Å². The van der Waals surface area contributed by atoms with E-state index in [2.05, 4.69) is 12.1 Å². The molecule has 2 rings (SSSR count). The Bertz CT molecular complexity index is 541. The fraction of sp³-hybridized carbons (Fsp3) is 0.200. The lowest BCUT2D eigenvalue weighted by Gasteiger charge is -1.89. The first kappa shape index (κ1) is 9.21. The van der Waals surface area contributed by atoms with Crippen molar-refractivity contribution in [2.75, 3.05) is 0 Å². The molecule has 0 atom stereocenters. The molecule has 0 saturated heterocycles. The summed E-state index contributed by atoms with van der Waals surface area (Å²) in [5.74, 6) is 0. The maximum atomic E-state index is 8.86. The third-order valence-corrected chi connectivity index (χ3v) is 4.71. The van der Waals surface area contributed by atoms with Crippen molar-refractivity contribution in [3.63, 3.8) is 0 Å². The summed E-state index contributed by atoms with van der Waals surface area (Å²) in [6.07, 6.45) is 0. The Morgan fingerprint density at radius 1 is 0.929 bits per heavy atom. The average molecular weight is 218 g/mol. The van der Waals surface area contributed by atoms with Crippen LogP contribution >= 0.6 is 22.7 Å². The molecule has 68 valence electrons. The number of nitrogens with zero attached hydrogens (tertiary/aromatic N) is 2. The minimum absolute atomic E-state index is 0.763. The van der Waals surface area contributed by atoms with Crippen LogP contribution in [-0.4, -0.2) is 0 Å². The van der Waals surface area contributed by atoms with Crippen LogP contribution in [0.25, 0.3) is 9.40 Å². The van der Waals surface area contributed by atoms with E-state index in [1.54, 1.807) is 0 Å². The molecule has 0 saturated carbocycles. The fourth-order valence-corrected chi connectivity index (χ4v) is 3.94. The lowest BCUT2D eigenvalue weighted by Crippen LogP contribution is -1.76. The maximum Gasteiger partial charge on any atom is 0.110 e. The first-order valence-electron chi connectivity index (χ1n) is 4.01. The van der Waals surface area contributed by atoms with E-state index in [-0.39, 0.29) is 0 Å². The van der Waals surface area contributed by atoms with E-state index in [4.69, 9.17) is 10.5 Å². The van der Waals surface area contributed by atoms with Crippen LogP contribution in [0.1, 0.15) is 20.9 Å². The highest BCUT2D eigenvalue weighted by atomic mass is 32.2. The Morgan fingerprint density at radius 3 is 1.64 bits per heavy atom. The summed E-state index contributed by atoms with van der Waals surface area (Å²) in [6.45, 7) is 3.89. The van der Waals surface area contributed by atoms with Crippen LogP contribution in [0.3, 0.4) is 0 Å². The molecule has 2 aromatic heterocycles. The van der Waals surface area contributed by atoms with Gasteiger partial charge in [0.2, 0.25) is 0 Å². The number of aryl methyl sites for hydroxylation is 2. The molecule has 0 aliphatic carbocycles. The minimum atomic E-state index is 0.763. The zero-order valence-electron chi connectivity index (χ0n) is 7.71. The summed E-state index contributed by atoms with van der Waals surface area (Å²) in [4.78, 5) is 1.53. The quantitative estimate of drug-likeness (QED) is 0.681. The monoisotopic (exact) mass is 218 g/mol. The topological polar surface area (TPSA) is 47.6 Å². The van der Waals surface area contributed by atoms with Gasteiger partial charge in [0.1, 0.15) is 21.9 Å². The second kappa shape index (κ2) is 3.09. The number of rotatable bonds is 0. The lowest BCUT2D eigenvalue weighted by molar-refractivity contribution is 1.45. The van der Waals surface area contributed by atoms with Crippen molar-refractivity contribution in [1.29, 1.82) is 10.5 Å². The van der Waals surface area contributed by atoms with Crippen molar-refractivity contribution in [3.8, 4) is 12.1 Å². The van der Waals surface area contributed by atoms with Crippen LogP contribution in [0.4, 0.5) is 0 Å². The molecular formula is C10H6N2S2. The van der Waals surface area contributed by atoms with Crippen molar-refractivity contribution in [3.05, 3.63) is 20.9 Å². The zero-order chi connectivity index (χ0) is 10.3. The van der Waals surface area contributed by atoms with Crippen LogP contribution < -0.4 is 0 Å². The molecule has 0 aliphatic heterocycles. The van der Waals surface area contributed by atoms with Gasteiger partial charge >= 0.3 is 0 Å². The molecule has 0 aliphatic rings. The van der Waals surface area contributed by atoms with Gasteiger partial charge in [-0.1, -0.05) is 0 Å². The Morgan fingerprint density at radius 2 is 1.36 bits per heavy atom. The van der Waals surface area contributed by atoms with Crippen molar-refractivity contribution in [2.45, 2.75) is 13.8 Å². The van der Waals surface area contributed by atoms with E-state index >= 15 is 0 Å². The van der Waals surface area contributed by atoms with Gasteiger partial charge in [-0.15, -0.1) is 22.7 Å². The smallest absolute Gasteiger partial charge is 0.110 e. The summed E-state index contributed by atoms with van der Waals surface area (Å²) in [6, 6.07) is 4.36. The number of nitriles is 2. The van der Waals surface area contributed by atoms with Crippen molar-refractivity contribution in [1.82, 2.24) is 0 Å². The molecule has 2 aromatic rings. The summed E-state index contributed by atoms with van der Waals surface area (Å²) in [5, 5.41) is 18.8. The molecule has 0 spiro atoms. The second-order valence-corrected chi connectivity index (χ2v) is 5.30. The summed E-state index contributed by atoms with van der Waals surface area (Å²) >= 11 is 2.96. The molecule has 0 radical (unpaired) electrons. The third kappa shape index (κ3) is 1.05. The van der Waals surface area contributed by atoms with Gasteiger partial charge in [0.25, 0.3) is 0 Å². The van der Waals surface area contributed by atoms with E-state index in [9.17, 15) is 0 Å². The minimum Gasteiger partial charge on any atom is -0.192 e. The Kier molecular flexibility index (Phi) is 2.03. The highest BCUT2D eigenvalue weighted by molar-refractivity contribution is 7.39. The van der Waals surface area contributed by atoms with E-state index in [1.807, 2.05) is 13.8 Å². The number of hydrogen-bond acceptors (Lipinski definition) is 4. The van der Waals surface area contributed by atoms with Crippen LogP contribution in [-0.2, 0) is 0 Å². The lowest BCUT2D eigenvalue weighted by atomic mass is 10.1. The molecule has 2 nitrogen and oxygen atoms in total. The first-order valence-corrected chi connectivity index (χ1v) is 5.65. The summed E-state index contributed by atoms with van der Waals surface area (Å²) < 4.78 is 1.09. The highest BCUT2D eigenvalue weighted by Gasteiger charge is 2.15. The van der Waals surface area contributed by atoms with Crippen molar-refractivity contribution < 1.29 is 0 Å². The fourth-order valence-electron chi connectivity index (χ4n) is 1.49. The largest absolute Gasteiger partial charge is 0.192 e. The van der Waals surface area contributed by atoms with E-state index in [0.29, 0.717) is 0 Å². The molecule has 2 heterocycles. The molecule has 0 N–H and O–H groups in total. The van der Waals surface area contributed by atoms with Crippen molar-refractivity contribution in [2.24, 2.45) is 0 Å². The summed E-state index contributed by atoms with van der Waals surface area (Å²) in [5.41, 5.74) is 2.03. The standard InChI is InChI=1S/C10H6N2S2/c1-5-7(3-11)13-10-9(5)6(2)8(4-12)14-10/h1-2H3. The third-order valence-electron chi connectivity index (χ3n) is 2.23. The predicted octanol–water partition coefficient (Wildman–Crippen LogP) is 3.32. The van der Waals surface area contributed by atoms with Gasteiger partial charge in [-0.05, 0) is 25.0 Å². The Balaban J connectivity index is 2.90. The molecule has 0 aromatic carbocycles. The molecular weight excluding hydrogens is 212 g/mol. The van der Waals surface area contributed by atoms with E-state index in [0.717, 1.165) is 30.3 Å². The van der Waals surface area contributed by atoms with Gasteiger partial charge in [0.15, 0.2) is 0 Å². The van der Waals surface area contributed by atoms with E-state index < -0.39 is 0 Å². The molecule has 0 fully saturated rings. The van der Waals surface area contributed by atoms with Gasteiger partial charge in [-0.25, -0.2) is 0 Å². The van der Waals surface area contributed by atoms with Crippen LogP contribution in [0.5, 0.6) is 0 Å². The number of hydrogen-bond donors (Lipinski definition) is 0. The second-order valence-electron chi connectivity index (χ2n) is 3.00. The highest BCUT2D eigenvalue weighted by Crippen LogP contribution is 2.39. The number of thiophene rings is 2. The molecule has 0 unspecified atom stereocenters. The van der Waals surface area contributed by atoms with Gasteiger partial charge in [0, 0.05) is 5.39 Å². The normalized spacial score (nSPS) is 10.0. The Hall–Kier alpha value is -1.36. The zero-order valence-corrected chi connectivity index (χ0v) is 9.34.